The van der Waals surface area contributed by atoms with Gasteiger partial charge in [-0.1, -0.05) is 42.5 Å². The second kappa shape index (κ2) is 4.99. The third-order valence-electron chi connectivity index (χ3n) is 2.28. The SMILES string of the molecule is OB(O)Oc1cccc(-c2ccccc2)c1F. The van der Waals surface area contributed by atoms with Crippen LogP contribution in [0.3, 0.4) is 0 Å². The van der Waals surface area contributed by atoms with Crippen molar-refractivity contribution in [3.63, 3.8) is 0 Å². The molecule has 0 amide bonds. The van der Waals surface area contributed by atoms with Crippen LogP contribution in [0.5, 0.6) is 5.75 Å². The van der Waals surface area contributed by atoms with Gasteiger partial charge >= 0.3 is 7.32 Å². The highest BCUT2D eigenvalue weighted by Gasteiger charge is 2.17. The molecule has 0 aliphatic heterocycles. The molecule has 5 heteroatoms. The molecule has 0 atom stereocenters. The monoisotopic (exact) mass is 232 g/mol. The Bertz CT molecular complexity index is 502. The molecule has 0 radical (unpaired) electrons. The smallest absolute Gasteiger partial charge is 0.510 e. The van der Waals surface area contributed by atoms with Crippen molar-refractivity contribution in [1.82, 2.24) is 0 Å². The van der Waals surface area contributed by atoms with Crippen molar-refractivity contribution in [1.29, 1.82) is 0 Å². The Morgan fingerprint density at radius 1 is 0.941 bits per heavy atom. The summed E-state index contributed by atoms with van der Waals surface area (Å²) in [6, 6.07) is 13.5. The quantitative estimate of drug-likeness (QED) is 0.793. The summed E-state index contributed by atoms with van der Waals surface area (Å²) in [6.45, 7) is 0. The van der Waals surface area contributed by atoms with Crippen LogP contribution in [-0.2, 0) is 0 Å². The molecule has 3 nitrogen and oxygen atoms in total. The molecule has 2 N–H and O–H groups in total. The van der Waals surface area contributed by atoms with Crippen LogP contribution in [0.25, 0.3) is 11.1 Å². The Balaban J connectivity index is 2.43. The molecule has 2 aromatic rings. The second-order valence-electron chi connectivity index (χ2n) is 3.43. The molecule has 0 unspecified atom stereocenters. The average molecular weight is 232 g/mol. The maximum atomic E-state index is 14.0. The summed E-state index contributed by atoms with van der Waals surface area (Å²) in [6.07, 6.45) is 0. The minimum atomic E-state index is -2.03. The fourth-order valence-electron chi connectivity index (χ4n) is 1.56. The van der Waals surface area contributed by atoms with Gasteiger partial charge in [0.2, 0.25) is 0 Å². The molecule has 0 aliphatic carbocycles. The lowest BCUT2D eigenvalue weighted by atomic mass is 10.0. The third kappa shape index (κ3) is 2.64. The minimum absolute atomic E-state index is 0.193. The first-order valence-corrected chi connectivity index (χ1v) is 5.05. The number of hydrogen-bond acceptors (Lipinski definition) is 3. The molecule has 0 saturated heterocycles. The van der Waals surface area contributed by atoms with E-state index in [0.29, 0.717) is 11.1 Å². The number of rotatable bonds is 3. The summed E-state index contributed by atoms with van der Waals surface area (Å²) in [5.74, 6) is -0.812. The van der Waals surface area contributed by atoms with E-state index >= 15 is 0 Å². The van der Waals surface area contributed by atoms with E-state index in [9.17, 15) is 4.39 Å². The lowest BCUT2D eigenvalue weighted by Crippen LogP contribution is -2.21. The standard InChI is InChI=1S/C12H10BFO3/c14-12-10(9-5-2-1-3-6-9)7-4-8-11(12)17-13(15)16/h1-8,15-16H. The summed E-state index contributed by atoms with van der Waals surface area (Å²) >= 11 is 0. The van der Waals surface area contributed by atoms with E-state index < -0.39 is 13.1 Å². The Hall–Kier alpha value is -1.85. The fraction of sp³-hybridized carbons (Fsp3) is 0. The summed E-state index contributed by atoms with van der Waals surface area (Å²) < 4.78 is 18.5. The minimum Gasteiger partial charge on any atom is -0.510 e. The van der Waals surface area contributed by atoms with Gasteiger partial charge in [0.05, 0.1) is 0 Å². The van der Waals surface area contributed by atoms with E-state index in [4.69, 9.17) is 10.0 Å². The molecule has 0 saturated carbocycles. The van der Waals surface area contributed by atoms with Crippen LogP contribution in [0.2, 0.25) is 0 Å². The van der Waals surface area contributed by atoms with Crippen molar-refractivity contribution in [3.05, 3.63) is 54.3 Å². The van der Waals surface area contributed by atoms with Gasteiger partial charge in [-0.05, 0) is 11.6 Å². The zero-order chi connectivity index (χ0) is 12.3. The van der Waals surface area contributed by atoms with Crippen molar-refractivity contribution in [3.8, 4) is 16.9 Å². The lowest BCUT2D eigenvalue weighted by molar-refractivity contribution is 0.282. The topological polar surface area (TPSA) is 49.7 Å². The van der Waals surface area contributed by atoms with Gasteiger partial charge < -0.3 is 14.7 Å². The molecule has 2 aromatic carbocycles. The van der Waals surface area contributed by atoms with Crippen LogP contribution in [0.15, 0.2) is 48.5 Å². The zero-order valence-corrected chi connectivity index (χ0v) is 8.88. The third-order valence-corrected chi connectivity index (χ3v) is 2.28. The Labute approximate surface area is 98.3 Å². The average Bonchev–Trinajstić information content (AvgIpc) is 2.32. The molecule has 86 valence electrons. The van der Waals surface area contributed by atoms with Gasteiger partial charge in [0, 0.05) is 5.56 Å². The van der Waals surface area contributed by atoms with Gasteiger partial charge in [-0.15, -0.1) is 0 Å². The van der Waals surface area contributed by atoms with E-state index in [1.54, 1.807) is 36.4 Å². The van der Waals surface area contributed by atoms with Gasteiger partial charge in [0.15, 0.2) is 5.82 Å². The molecule has 2 rings (SSSR count). The first kappa shape index (κ1) is 11.6. The maximum Gasteiger partial charge on any atom is 0.707 e. The lowest BCUT2D eigenvalue weighted by Gasteiger charge is -2.09. The highest BCUT2D eigenvalue weighted by Crippen LogP contribution is 2.28. The van der Waals surface area contributed by atoms with Crippen LogP contribution < -0.4 is 4.65 Å². The van der Waals surface area contributed by atoms with E-state index in [1.807, 2.05) is 6.07 Å². The van der Waals surface area contributed by atoms with Crippen LogP contribution in [0.4, 0.5) is 4.39 Å². The number of halogens is 1. The van der Waals surface area contributed by atoms with E-state index in [-0.39, 0.29) is 5.75 Å². The van der Waals surface area contributed by atoms with Crippen molar-refractivity contribution >= 4 is 7.32 Å². The molecule has 0 heterocycles. The van der Waals surface area contributed by atoms with Crippen molar-refractivity contribution < 1.29 is 19.1 Å². The van der Waals surface area contributed by atoms with E-state index in [0.717, 1.165) is 0 Å². The van der Waals surface area contributed by atoms with Gasteiger partial charge in [-0.2, -0.15) is 0 Å². The zero-order valence-electron chi connectivity index (χ0n) is 8.88. The molecule has 0 aliphatic rings. The van der Waals surface area contributed by atoms with Crippen molar-refractivity contribution in [2.75, 3.05) is 0 Å². The van der Waals surface area contributed by atoms with Crippen molar-refractivity contribution in [2.45, 2.75) is 0 Å². The molecular formula is C12H10BFO3. The summed E-state index contributed by atoms with van der Waals surface area (Å²) in [4.78, 5) is 0. The summed E-state index contributed by atoms with van der Waals surface area (Å²) in [7, 11) is -2.03. The van der Waals surface area contributed by atoms with E-state index in [1.165, 1.54) is 6.07 Å². The summed E-state index contributed by atoms with van der Waals surface area (Å²) in [5, 5.41) is 17.3. The molecule has 0 aromatic heterocycles. The van der Waals surface area contributed by atoms with Gasteiger partial charge in [0.1, 0.15) is 5.75 Å². The molecule has 0 fully saturated rings. The molecule has 0 bridgehead atoms. The predicted octanol–water partition coefficient (Wildman–Crippen LogP) is 1.84. The van der Waals surface area contributed by atoms with Crippen LogP contribution in [-0.4, -0.2) is 17.4 Å². The summed E-state index contributed by atoms with van der Waals surface area (Å²) in [5.41, 5.74) is 1.05. The van der Waals surface area contributed by atoms with Gasteiger partial charge in [0.25, 0.3) is 0 Å². The Morgan fingerprint density at radius 3 is 2.29 bits per heavy atom. The number of benzene rings is 2. The van der Waals surface area contributed by atoms with Crippen LogP contribution in [0, 0.1) is 5.82 Å². The first-order chi connectivity index (χ1) is 8.18. The first-order valence-electron chi connectivity index (χ1n) is 5.05. The predicted molar refractivity (Wildman–Crippen MR) is 62.7 cm³/mol. The second-order valence-corrected chi connectivity index (χ2v) is 3.43. The number of hydrogen-bond donors (Lipinski definition) is 2. The Morgan fingerprint density at radius 2 is 1.65 bits per heavy atom. The maximum absolute atomic E-state index is 14.0. The van der Waals surface area contributed by atoms with Crippen LogP contribution in [0.1, 0.15) is 0 Å². The fourth-order valence-corrected chi connectivity index (χ4v) is 1.56. The molecular weight excluding hydrogens is 222 g/mol. The van der Waals surface area contributed by atoms with Crippen molar-refractivity contribution in [2.24, 2.45) is 0 Å². The van der Waals surface area contributed by atoms with Crippen LogP contribution >= 0.6 is 0 Å². The Kier molecular flexibility index (Phi) is 3.42. The van der Waals surface area contributed by atoms with E-state index in [2.05, 4.69) is 4.65 Å². The molecule has 0 spiro atoms. The van der Waals surface area contributed by atoms with Gasteiger partial charge in [-0.25, -0.2) is 4.39 Å². The van der Waals surface area contributed by atoms with Gasteiger partial charge in [-0.3, -0.25) is 0 Å². The largest absolute Gasteiger partial charge is 0.707 e. The normalized spacial score (nSPS) is 10.1. The molecule has 17 heavy (non-hydrogen) atoms. The highest BCUT2D eigenvalue weighted by atomic mass is 19.1. The highest BCUT2D eigenvalue weighted by molar-refractivity contribution is 6.33.